The number of amides is 1. The molecule has 3 N–H and O–H groups in total. The van der Waals surface area contributed by atoms with E-state index in [1.54, 1.807) is 0 Å². The minimum absolute atomic E-state index is 0.0387. The minimum Gasteiger partial charge on any atom is -0.395 e. The minimum atomic E-state index is -0.120. The molecule has 4 nitrogen and oxygen atoms in total. The highest BCUT2D eigenvalue weighted by Gasteiger charge is 2.24. The molecule has 2 atom stereocenters. The number of hydrogen-bond donors (Lipinski definition) is 3. The fraction of sp³-hybridized carbons (Fsp3) is 0.611. The van der Waals surface area contributed by atoms with Crippen molar-refractivity contribution in [2.24, 2.45) is 5.92 Å². The van der Waals surface area contributed by atoms with E-state index in [0.29, 0.717) is 11.6 Å². The summed E-state index contributed by atoms with van der Waals surface area (Å²) in [7, 11) is 0. The van der Waals surface area contributed by atoms with Crippen molar-refractivity contribution in [3.05, 3.63) is 29.3 Å². The van der Waals surface area contributed by atoms with Gasteiger partial charge in [-0.3, -0.25) is 4.79 Å². The van der Waals surface area contributed by atoms with Crippen LogP contribution in [-0.4, -0.2) is 30.2 Å². The highest BCUT2D eigenvalue weighted by atomic mass is 16.3. The molecule has 1 aromatic carbocycles. The first kappa shape index (κ1) is 16.8. The maximum atomic E-state index is 12.1. The average Bonchev–Trinajstić information content (AvgIpc) is 2.55. The standard InChI is InChI=1S/C18H28N2O2/c1-3-14-7-4-5-9-17(14)20-16-10-6-8-15(13(16)2)18(22)19-11-12-21/h6,8,10,14,17,20-21H,3-5,7,9,11-12H2,1-2H3,(H,19,22). The highest BCUT2D eigenvalue weighted by Crippen LogP contribution is 2.30. The summed E-state index contributed by atoms with van der Waals surface area (Å²) in [5.74, 6) is 0.603. The normalized spacial score (nSPS) is 21.4. The van der Waals surface area contributed by atoms with Crippen molar-refractivity contribution >= 4 is 11.6 Å². The molecule has 2 unspecified atom stereocenters. The molecule has 0 bridgehead atoms. The number of rotatable bonds is 6. The van der Waals surface area contributed by atoms with Crippen molar-refractivity contribution in [2.45, 2.75) is 52.0 Å². The van der Waals surface area contributed by atoms with Gasteiger partial charge in [0.15, 0.2) is 0 Å². The number of aliphatic hydroxyl groups excluding tert-OH is 1. The molecule has 1 aliphatic rings. The van der Waals surface area contributed by atoms with E-state index < -0.39 is 0 Å². The molecular weight excluding hydrogens is 276 g/mol. The number of benzene rings is 1. The van der Waals surface area contributed by atoms with E-state index >= 15 is 0 Å². The summed E-state index contributed by atoms with van der Waals surface area (Å²) >= 11 is 0. The third-order valence-electron chi connectivity index (χ3n) is 4.75. The number of hydrogen-bond acceptors (Lipinski definition) is 3. The summed E-state index contributed by atoms with van der Waals surface area (Å²) in [6, 6.07) is 6.32. The zero-order chi connectivity index (χ0) is 15.9. The van der Waals surface area contributed by atoms with Crippen molar-refractivity contribution in [2.75, 3.05) is 18.5 Å². The van der Waals surface area contributed by atoms with Gasteiger partial charge in [0.25, 0.3) is 5.91 Å². The third kappa shape index (κ3) is 4.01. The SMILES string of the molecule is CCC1CCCCC1Nc1cccc(C(=O)NCCO)c1C. The van der Waals surface area contributed by atoms with Gasteiger partial charge in [-0.25, -0.2) is 0 Å². The summed E-state index contributed by atoms with van der Waals surface area (Å²) < 4.78 is 0. The van der Waals surface area contributed by atoms with Crippen LogP contribution in [0, 0.1) is 12.8 Å². The maximum Gasteiger partial charge on any atom is 0.251 e. The Labute approximate surface area is 133 Å². The fourth-order valence-electron chi connectivity index (χ4n) is 3.39. The van der Waals surface area contributed by atoms with Gasteiger partial charge in [-0.2, -0.15) is 0 Å². The molecule has 1 fully saturated rings. The van der Waals surface area contributed by atoms with Crippen molar-refractivity contribution in [3.63, 3.8) is 0 Å². The van der Waals surface area contributed by atoms with Gasteiger partial charge in [-0.15, -0.1) is 0 Å². The number of anilines is 1. The van der Waals surface area contributed by atoms with Gasteiger partial charge >= 0.3 is 0 Å². The molecule has 1 amide bonds. The summed E-state index contributed by atoms with van der Waals surface area (Å²) in [5, 5.41) is 15.2. The van der Waals surface area contributed by atoms with Crippen molar-refractivity contribution in [1.29, 1.82) is 0 Å². The first-order valence-corrected chi connectivity index (χ1v) is 8.42. The van der Waals surface area contributed by atoms with Crippen LogP contribution in [0.3, 0.4) is 0 Å². The Balaban J connectivity index is 2.12. The van der Waals surface area contributed by atoms with Crippen LogP contribution in [0.25, 0.3) is 0 Å². The Bertz CT molecular complexity index is 502. The lowest BCUT2D eigenvalue weighted by Gasteiger charge is -2.33. The van der Waals surface area contributed by atoms with E-state index in [2.05, 4.69) is 23.6 Å². The predicted molar refractivity (Wildman–Crippen MR) is 90.3 cm³/mol. The van der Waals surface area contributed by atoms with Crippen LogP contribution in [-0.2, 0) is 0 Å². The number of aliphatic hydroxyl groups is 1. The van der Waals surface area contributed by atoms with E-state index in [9.17, 15) is 4.79 Å². The second kappa shape index (κ2) is 8.18. The van der Waals surface area contributed by atoms with Crippen LogP contribution in [0.5, 0.6) is 0 Å². The first-order valence-electron chi connectivity index (χ1n) is 8.42. The molecule has 1 saturated carbocycles. The molecule has 2 rings (SSSR count). The van der Waals surface area contributed by atoms with Crippen LogP contribution >= 0.6 is 0 Å². The lowest BCUT2D eigenvalue weighted by atomic mass is 9.82. The van der Waals surface area contributed by atoms with Crippen LogP contribution in [0.15, 0.2) is 18.2 Å². The van der Waals surface area contributed by atoms with E-state index in [1.807, 2.05) is 19.1 Å². The van der Waals surface area contributed by atoms with Crippen LogP contribution in [0.4, 0.5) is 5.69 Å². The van der Waals surface area contributed by atoms with Crippen molar-refractivity contribution in [1.82, 2.24) is 5.32 Å². The molecule has 0 aliphatic heterocycles. The third-order valence-corrected chi connectivity index (χ3v) is 4.75. The molecule has 0 saturated heterocycles. The Kier molecular flexibility index (Phi) is 6.25. The first-order chi connectivity index (χ1) is 10.7. The second-order valence-corrected chi connectivity index (χ2v) is 6.16. The Morgan fingerprint density at radius 1 is 1.32 bits per heavy atom. The molecule has 0 spiro atoms. The van der Waals surface area contributed by atoms with E-state index in [0.717, 1.165) is 17.2 Å². The summed E-state index contributed by atoms with van der Waals surface area (Å²) in [6.45, 7) is 4.50. The predicted octanol–water partition coefficient (Wildman–Crippen LogP) is 3.10. The van der Waals surface area contributed by atoms with Gasteiger partial charge in [-0.05, 0) is 43.4 Å². The number of carbonyl (C=O) groups excluding carboxylic acids is 1. The highest BCUT2D eigenvalue weighted by molar-refractivity contribution is 5.97. The zero-order valence-corrected chi connectivity index (χ0v) is 13.7. The quantitative estimate of drug-likeness (QED) is 0.757. The molecule has 122 valence electrons. The molecule has 4 heteroatoms. The summed E-state index contributed by atoms with van der Waals surface area (Å²) in [4.78, 5) is 12.1. The van der Waals surface area contributed by atoms with Gasteiger partial charge in [0, 0.05) is 23.8 Å². The average molecular weight is 304 g/mol. The maximum absolute atomic E-state index is 12.1. The topological polar surface area (TPSA) is 61.4 Å². The largest absolute Gasteiger partial charge is 0.395 e. The molecule has 0 radical (unpaired) electrons. The van der Waals surface area contributed by atoms with E-state index in [1.165, 1.54) is 32.1 Å². The van der Waals surface area contributed by atoms with E-state index in [4.69, 9.17) is 5.11 Å². The molecule has 0 aromatic heterocycles. The van der Waals surface area contributed by atoms with Crippen LogP contribution in [0.2, 0.25) is 0 Å². The van der Waals surface area contributed by atoms with Crippen molar-refractivity contribution in [3.8, 4) is 0 Å². The molecular formula is C18H28N2O2. The van der Waals surface area contributed by atoms with Crippen LogP contribution < -0.4 is 10.6 Å². The van der Waals surface area contributed by atoms with E-state index in [-0.39, 0.29) is 19.1 Å². The number of nitrogens with one attached hydrogen (secondary N) is 2. The smallest absolute Gasteiger partial charge is 0.251 e. The van der Waals surface area contributed by atoms with Gasteiger partial charge in [0.2, 0.25) is 0 Å². The summed E-state index contributed by atoms with van der Waals surface area (Å²) in [6.07, 6.45) is 6.32. The van der Waals surface area contributed by atoms with Crippen molar-refractivity contribution < 1.29 is 9.90 Å². The lowest BCUT2D eigenvalue weighted by Crippen LogP contribution is -2.32. The Morgan fingerprint density at radius 3 is 2.82 bits per heavy atom. The zero-order valence-electron chi connectivity index (χ0n) is 13.7. The van der Waals surface area contributed by atoms with Gasteiger partial charge in [-0.1, -0.05) is 32.3 Å². The Morgan fingerprint density at radius 2 is 2.09 bits per heavy atom. The fourth-order valence-corrected chi connectivity index (χ4v) is 3.39. The lowest BCUT2D eigenvalue weighted by molar-refractivity contribution is 0.0944. The van der Waals surface area contributed by atoms with Gasteiger partial charge in [0.05, 0.1) is 6.61 Å². The Hall–Kier alpha value is -1.55. The number of carbonyl (C=O) groups is 1. The molecule has 0 heterocycles. The van der Waals surface area contributed by atoms with Gasteiger partial charge in [0.1, 0.15) is 0 Å². The second-order valence-electron chi connectivity index (χ2n) is 6.16. The molecule has 22 heavy (non-hydrogen) atoms. The van der Waals surface area contributed by atoms with Crippen LogP contribution in [0.1, 0.15) is 54.9 Å². The monoisotopic (exact) mass is 304 g/mol. The van der Waals surface area contributed by atoms with Gasteiger partial charge < -0.3 is 15.7 Å². The molecule has 1 aliphatic carbocycles. The molecule has 1 aromatic rings. The summed E-state index contributed by atoms with van der Waals surface area (Å²) in [5.41, 5.74) is 2.72.